The number of fused-ring (bicyclic) bond motifs is 6. The molecule has 0 aliphatic heterocycles. The lowest BCUT2D eigenvalue weighted by Crippen LogP contribution is -2.10. The lowest BCUT2D eigenvalue weighted by molar-refractivity contribution is 0.669. The molecule has 0 saturated carbocycles. The van der Waals surface area contributed by atoms with Crippen LogP contribution >= 0.6 is 0 Å². The van der Waals surface area contributed by atoms with E-state index in [2.05, 4.69) is 167 Å². The zero-order valence-electron chi connectivity index (χ0n) is 24.5. The number of rotatable bonds is 5. The van der Waals surface area contributed by atoms with Gasteiger partial charge in [0, 0.05) is 44.3 Å². The van der Waals surface area contributed by atoms with Gasteiger partial charge in [0.25, 0.3) is 0 Å². The molecular weight excluding hydrogens is 548 g/mol. The maximum Gasteiger partial charge on any atom is 0.135 e. The van der Waals surface area contributed by atoms with Gasteiger partial charge in [-0.25, -0.2) is 0 Å². The highest BCUT2D eigenvalue weighted by Crippen LogP contribution is 2.40. The number of nitrogens with zero attached hydrogens (tertiary/aromatic N) is 2. The fourth-order valence-corrected chi connectivity index (χ4v) is 6.69. The molecule has 3 nitrogen and oxygen atoms in total. The van der Waals surface area contributed by atoms with Crippen LogP contribution in [0.4, 0.5) is 17.1 Å². The second kappa shape index (κ2) is 10.3. The molecule has 0 fully saturated rings. The maximum atomic E-state index is 6.07. The Kier molecular flexibility index (Phi) is 5.82. The molecule has 0 aliphatic carbocycles. The molecule has 9 rings (SSSR count). The predicted molar refractivity (Wildman–Crippen MR) is 188 cm³/mol. The van der Waals surface area contributed by atoms with Gasteiger partial charge in [-0.05, 0) is 83.9 Å². The normalized spacial score (nSPS) is 11.6. The van der Waals surface area contributed by atoms with Gasteiger partial charge >= 0.3 is 0 Å². The van der Waals surface area contributed by atoms with Gasteiger partial charge in [-0.2, -0.15) is 0 Å². The van der Waals surface area contributed by atoms with Crippen molar-refractivity contribution in [2.75, 3.05) is 4.90 Å². The number of furan rings is 1. The van der Waals surface area contributed by atoms with E-state index in [9.17, 15) is 0 Å². The third kappa shape index (κ3) is 4.21. The largest absolute Gasteiger partial charge is 0.456 e. The van der Waals surface area contributed by atoms with Crippen molar-refractivity contribution in [2.45, 2.75) is 0 Å². The first-order valence-electron chi connectivity index (χ1n) is 15.3. The monoisotopic (exact) mass is 576 g/mol. The molecule has 0 N–H and O–H groups in total. The van der Waals surface area contributed by atoms with Crippen LogP contribution < -0.4 is 4.90 Å². The molecule has 9 aromatic rings. The van der Waals surface area contributed by atoms with Crippen molar-refractivity contribution in [3.8, 4) is 16.8 Å². The van der Waals surface area contributed by atoms with E-state index in [4.69, 9.17) is 4.42 Å². The summed E-state index contributed by atoms with van der Waals surface area (Å²) in [5.74, 6) is 0. The van der Waals surface area contributed by atoms with Gasteiger partial charge in [0.15, 0.2) is 0 Å². The van der Waals surface area contributed by atoms with E-state index in [0.717, 1.165) is 44.7 Å². The second-order valence-electron chi connectivity index (χ2n) is 11.4. The fourth-order valence-electron chi connectivity index (χ4n) is 6.69. The minimum absolute atomic E-state index is 0.912. The molecule has 0 unspecified atom stereocenters. The molecule has 0 radical (unpaired) electrons. The SMILES string of the molecule is c1ccc(N(c2ccc(-c3ccc4oc5ccccc5c4c3)cc2)c2ccc3c4ccccc4n(-c4ccccc4)c3c2)cc1. The molecule has 3 heteroatoms. The topological polar surface area (TPSA) is 21.3 Å². The van der Waals surface area contributed by atoms with E-state index in [1.165, 1.54) is 32.9 Å². The van der Waals surface area contributed by atoms with Crippen molar-refractivity contribution in [3.63, 3.8) is 0 Å². The molecule has 0 spiro atoms. The summed E-state index contributed by atoms with van der Waals surface area (Å²) in [5.41, 5.74) is 11.0. The first-order chi connectivity index (χ1) is 22.3. The predicted octanol–water partition coefficient (Wildman–Crippen LogP) is 11.8. The van der Waals surface area contributed by atoms with Crippen LogP contribution in [0, 0.1) is 0 Å². The first kappa shape index (κ1) is 25.4. The van der Waals surface area contributed by atoms with E-state index in [1.807, 2.05) is 12.1 Å². The second-order valence-corrected chi connectivity index (χ2v) is 11.4. The Bertz CT molecular complexity index is 2470. The van der Waals surface area contributed by atoms with Gasteiger partial charge in [-0.1, -0.05) is 97.1 Å². The average Bonchev–Trinajstić information content (AvgIpc) is 3.65. The number of hydrogen-bond acceptors (Lipinski definition) is 2. The Labute approximate surface area is 260 Å². The van der Waals surface area contributed by atoms with E-state index >= 15 is 0 Å². The van der Waals surface area contributed by atoms with Crippen LogP contribution in [0.1, 0.15) is 0 Å². The van der Waals surface area contributed by atoms with E-state index in [-0.39, 0.29) is 0 Å². The van der Waals surface area contributed by atoms with E-state index in [1.54, 1.807) is 0 Å². The Morgan fingerprint density at radius 2 is 0.978 bits per heavy atom. The van der Waals surface area contributed by atoms with Crippen molar-refractivity contribution >= 4 is 60.8 Å². The highest BCUT2D eigenvalue weighted by atomic mass is 16.3. The van der Waals surface area contributed by atoms with Crippen molar-refractivity contribution in [2.24, 2.45) is 0 Å². The summed E-state index contributed by atoms with van der Waals surface area (Å²) in [5, 5.41) is 4.77. The average molecular weight is 577 g/mol. The smallest absolute Gasteiger partial charge is 0.135 e. The molecular formula is C42H28N2O. The zero-order valence-corrected chi connectivity index (χ0v) is 24.5. The molecule has 2 heterocycles. The molecule has 7 aromatic carbocycles. The Morgan fingerprint density at radius 1 is 0.378 bits per heavy atom. The third-order valence-corrected chi connectivity index (χ3v) is 8.78. The minimum atomic E-state index is 0.912. The van der Waals surface area contributed by atoms with Crippen LogP contribution in [0.15, 0.2) is 174 Å². The van der Waals surface area contributed by atoms with Crippen LogP contribution in [-0.2, 0) is 0 Å². The molecule has 45 heavy (non-hydrogen) atoms. The first-order valence-corrected chi connectivity index (χ1v) is 15.3. The highest BCUT2D eigenvalue weighted by Gasteiger charge is 2.17. The lowest BCUT2D eigenvalue weighted by atomic mass is 10.0. The molecule has 2 aromatic heterocycles. The van der Waals surface area contributed by atoms with Crippen LogP contribution in [0.5, 0.6) is 0 Å². The van der Waals surface area contributed by atoms with E-state index in [0.29, 0.717) is 0 Å². The van der Waals surface area contributed by atoms with Gasteiger partial charge in [0.2, 0.25) is 0 Å². The minimum Gasteiger partial charge on any atom is -0.456 e. The number of para-hydroxylation sites is 4. The Morgan fingerprint density at radius 3 is 1.80 bits per heavy atom. The summed E-state index contributed by atoms with van der Waals surface area (Å²) in [6, 6.07) is 60.3. The van der Waals surface area contributed by atoms with Gasteiger partial charge in [-0.15, -0.1) is 0 Å². The molecule has 0 saturated heterocycles. The van der Waals surface area contributed by atoms with Crippen molar-refractivity contribution in [3.05, 3.63) is 170 Å². The van der Waals surface area contributed by atoms with Gasteiger partial charge in [0.05, 0.1) is 11.0 Å². The Balaban J connectivity index is 1.18. The molecule has 0 atom stereocenters. The Hall–Kier alpha value is -6.06. The molecule has 0 amide bonds. The van der Waals surface area contributed by atoms with Crippen LogP contribution in [0.25, 0.3) is 60.6 Å². The van der Waals surface area contributed by atoms with Crippen molar-refractivity contribution < 1.29 is 4.42 Å². The lowest BCUT2D eigenvalue weighted by Gasteiger charge is -2.26. The van der Waals surface area contributed by atoms with Gasteiger partial charge in [-0.3, -0.25) is 0 Å². The fraction of sp³-hybridized carbons (Fsp3) is 0. The summed E-state index contributed by atoms with van der Waals surface area (Å²) >= 11 is 0. The quantitative estimate of drug-likeness (QED) is 0.203. The van der Waals surface area contributed by atoms with Gasteiger partial charge in [0.1, 0.15) is 11.2 Å². The van der Waals surface area contributed by atoms with Crippen LogP contribution in [0.2, 0.25) is 0 Å². The number of anilines is 3. The zero-order chi connectivity index (χ0) is 29.7. The number of aromatic nitrogens is 1. The summed E-state index contributed by atoms with van der Waals surface area (Å²) < 4.78 is 8.44. The highest BCUT2D eigenvalue weighted by molar-refractivity contribution is 6.10. The standard InChI is InChI=1S/C42H28N2O/c1-3-11-31(12-4-1)43(33-22-19-29(20-23-33)30-21-26-42-38(27-30)37-16-8-10-18-41(37)45-42)34-24-25-36-35-15-7-9-17-39(35)44(40(36)28-34)32-13-5-2-6-14-32/h1-28H. The molecule has 0 aliphatic rings. The van der Waals surface area contributed by atoms with Crippen molar-refractivity contribution in [1.29, 1.82) is 0 Å². The van der Waals surface area contributed by atoms with Crippen LogP contribution in [0.3, 0.4) is 0 Å². The summed E-state index contributed by atoms with van der Waals surface area (Å²) in [6.07, 6.45) is 0. The maximum absolute atomic E-state index is 6.07. The summed E-state index contributed by atoms with van der Waals surface area (Å²) in [7, 11) is 0. The van der Waals surface area contributed by atoms with Crippen LogP contribution in [-0.4, -0.2) is 4.57 Å². The number of benzene rings is 7. The third-order valence-electron chi connectivity index (χ3n) is 8.78. The van der Waals surface area contributed by atoms with Crippen molar-refractivity contribution in [1.82, 2.24) is 4.57 Å². The van der Waals surface area contributed by atoms with E-state index < -0.39 is 0 Å². The number of hydrogen-bond donors (Lipinski definition) is 0. The summed E-state index contributed by atoms with van der Waals surface area (Å²) in [4.78, 5) is 2.34. The summed E-state index contributed by atoms with van der Waals surface area (Å²) in [6.45, 7) is 0. The molecule has 0 bridgehead atoms. The van der Waals surface area contributed by atoms with Gasteiger partial charge < -0.3 is 13.9 Å². The molecule has 212 valence electrons.